The maximum Gasteiger partial charge on any atom is 0.305 e. The molecule has 1 amide bonds. The lowest BCUT2D eigenvalue weighted by Crippen LogP contribution is -2.45. The lowest BCUT2D eigenvalue weighted by Gasteiger charge is -2.22. The van der Waals surface area contributed by atoms with Crippen LogP contribution in [0.4, 0.5) is 0 Å². The Morgan fingerprint density at radius 3 is 0.922 bits per heavy atom. The molecule has 2 unspecified atom stereocenters. The number of carbonyl (C=O) groups excluding carboxylic acids is 2. The molecule has 0 aromatic heterocycles. The predicted molar refractivity (Wildman–Crippen MR) is 338 cm³/mol. The average molecular weight is 1080 g/mol. The average Bonchev–Trinajstić information content (AvgIpc) is 3.43. The maximum absolute atomic E-state index is 12.5. The highest BCUT2D eigenvalue weighted by molar-refractivity contribution is 5.76. The van der Waals surface area contributed by atoms with Crippen molar-refractivity contribution in [2.45, 2.75) is 405 Å². The van der Waals surface area contributed by atoms with Crippen molar-refractivity contribution in [3.05, 3.63) is 24.3 Å². The third kappa shape index (κ3) is 63.4. The Bertz CT molecular complexity index is 1200. The number of aliphatic hydroxyl groups is 2. The molecule has 456 valence electrons. The molecular formula is C71H137NO5. The number of ether oxygens (including phenoxy) is 1. The predicted octanol–water partition coefficient (Wildman–Crippen LogP) is 22.5. The van der Waals surface area contributed by atoms with Crippen molar-refractivity contribution >= 4 is 11.9 Å². The fraction of sp³-hybridized carbons (Fsp3) is 0.915. The molecule has 77 heavy (non-hydrogen) atoms. The van der Waals surface area contributed by atoms with Crippen LogP contribution in [0.3, 0.4) is 0 Å². The van der Waals surface area contributed by atoms with E-state index in [1.165, 1.54) is 315 Å². The minimum absolute atomic E-state index is 0.0101. The van der Waals surface area contributed by atoms with Crippen LogP contribution in [-0.2, 0) is 14.3 Å². The number of esters is 1. The number of nitrogens with one attached hydrogen (secondary N) is 1. The minimum atomic E-state index is -0.668. The van der Waals surface area contributed by atoms with E-state index in [0.717, 1.165) is 44.9 Å². The molecule has 0 spiro atoms. The summed E-state index contributed by atoms with van der Waals surface area (Å²) in [5, 5.41) is 23.4. The summed E-state index contributed by atoms with van der Waals surface area (Å²) in [6.45, 7) is 4.98. The number of amides is 1. The topological polar surface area (TPSA) is 95.9 Å². The number of rotatable bonds is 66. The van der Waals surface area contributed by atoms with Crippen molar-refractivity contribution in [3.8, 4) is 0 Å². The minimum Gasteiger partial charge on any atom is -0.466 e. The first-order valence-corrected chi connectivity index (χ1v) is 35.1. The third-order valence-corrected chi connectivity index (χ3v) is 16.5. The van der Waals surface area contributed by atoms with Gasteiger partial charge in [0, 0.05) is 12.8 Å². The van der Waals surface area contributed by atoms with E-state index in [1.54, 1.807) is 0 Å². The van der Waals surface area contributed by atoms with Gasteiger partial charge in [-0.25, -0.2) is 0 Å². The van der Waals surface area contributed by atoms with Gasteiger partial charge in [-0.05, 0) is 77.0 Å². The van der Waals surface area contributed by atoms with Crippen LogP contribution >= 0.6 is 0 Å². The van der Waals surface area contributed by atoms with Crippen molar-refractivity contribution in [2.75, 3.05) is 13.2 Å². The monoisotopic (exact) mass is 1080 g/mol. The molecule has 0 aromatic carbocycles. The summed E-state index contributed by atoms with van der Waals surface area (Å²) < 4.78 is 5.50. The molecule has 0 aromatic rings. The molecule has 2 atom stereocenters. The van der Waals surface area contributed by atoms with Crippen LogP contribution < -0.4 is 5.32 Å². The van der Waals surface area contributed by atoms with Gasteiger partial charge in [-0.1, -0.05) is 327 Å². The molecule has 6 heteroatoms. The Morgan fingerprint density at radius 2 is 0.610 bits per heavy atom. The molecule has 3 N–H and O–H groups in total. The zero-order valence-electron chi connectivity index (χ0n) is 52.2. The summed E-state index contributed by atoms with van der Waals surface area (Å²) >= 11 is 0. The summed E-state index contributed by atoms with van der Waals surface area (Å²) in [5.41, 5.74) is 0. The Hall–Kier alpha value is -1.66. The van der Waals surface area contributed by atoms with E-state index in [1.807, 2.05) is 0 Å². The van der Waals surface area contributed by atoms with Crippen molar-refractivity contribution in [1.29, 1.82) is 0 Å². The SMILES string of the molecule is CCCCCCCC/C=C\CCCCCCCCCC(=O)OCCCCCCCCCCCCCC/C=C\CCCCCCCCCCC(=O)NC(CO)C(O)CCCCCCCCCCCCCCCCCCCCC. The van der Waals surface area contributed by atoms with Crippen LogP contribution in [0.5, 0.6) is 0 Å². The highest BCUT2D eigenvalue weighted by atomic mass is 16.5. The number of hydrogen-bond donors (Lipinski definition) is 3. The van der Waals surface area contributed by atoms with E-state index in [-0.39, 0.29) is 18.5 Å². The van der Waals surface area contributed by atoms with Gasteiger partial charge < -0.3 is 20.3 Å². The van der Waals surface area contributed by atoms with Gasteiger partial charge in [-0.3, -0.25) is 9.59 Å². The van der Waals surface area contributed by atoms with E-state index in [0.29, 0.717) is 25.9 Å². The van der Waals surface area contributed by atoms with Crippen molar-refractivity contribution < 1.29 is 24.5 Å². The largest absolute Gasteiger partial charge is 0.466 e. The van der Waals surface area contributed by atoms with Crippen LogP contribution in [0.25, 0.3) is 0 Å². The Morgan fingerprint density at radius 1 is 0.351 bits per heavy atom. The van der Waals surface area contributed by atoms with E-state index < -0.39 is 12.1 Å². The fourth-order valence-corrected chi connectivity index (χ4v) is 11.1. The van der Waals surface area contributed by atoms with Gasteiger partial charge in [0.15, 0.2) is 0 Å². The van der Waals surface area contributed by atoms with Crippen LogP contribution in [0.2, 0.25) is 0 Å². The first-order valence-electron chi connectivity index (χ1n) is 35.1. The summed E-state index contributed by atoms with van der Waals surface area (Å²) in [6.07, 6.45) is 83.6. The second-order valence-corrected chi connectivity index (χ2v) is 24.2. The zero-order chi connectivity index (χ0) is 55.7. The fourth-order valence-electron chi connectivity index (χ4n) is 11.1. The van der Waals surface area contributed by atoms with Crippen LogP contribution in [0.15, 0.2) is 24.3 Å². The van der Waals surface area contributed by atoms with Crippen LogP contribution in [-0.4, -0.2) is 47.4 Å². The summed E-state index contributed by atoms with van der Waals surface area (Å²) in [7, 11) is 0. The Balaban J connectivity index is 3.39. The van der Waals surface area contributed by atoms with E-state index >= 15 is 0 Å². The summed E-state index contributed by atoms with van der Waals surface area (Å²) in [4.78, 5) is 24.6. The molecule has 0 bridgehead atoms. The molecule has 0 aliphatic carbocycles. The van der Waals surface area contributed by atoms with Crippen LogP contribution in [0, 0.1) is 0 Å². The normalized spacial score (nSPS) is 12.6. The molecule has 0 fully saturated rings. The molecule has 0 heterocycles. The smallest absolute Gasteiger partial charge is 0.305 e. The van der Waals surface area contributed by atoms with Gasteiger partial charge in [0.05, 0.1) is 25.4 Å². The van der Waals surface area contributed by atoms with E-state index in [9.17, 15) is 19.8 Å². The molecule has 0 saturated carbocycles. The van der Waals surface area contributed by atoms with Crippen molar-refractivity contribution in [2.24, 2.45) is 0 Å². The lowest BCUT2D eigenvalue weighted by atomic mass is 10.0. The lowest BCUT2D eigenvalue weighted by molar-refractivity contribution is -0.143. The number of allylic oxidation sites excluding steroid dienone is 4. The second kappa shape index (κ2) is 66.8. The molecule has 0 aliphatic heterocycles. The number of unbranched alkanes of at least 4 members (excludes halogenated alkanes) is 51. The van der Waals surface area contributed by atoms with E-state index in [2.05, 4.69) is 43.5 Å². The Labute approximate surface area is 481 Å². The van der Waals surface area contributed by atoms with Crippen molar-refractivity contribution in [1.82, 2.24) is 5.32 Å². The molecule has 0 rings (SSSR count). The van der Waals surface area contributed by atoms with Crippen molar-refractivity contribution in [3.63, 3.8) is 0 Å². The van der Waals surface area contributed by atoms with Gasteiger partial charge in [0.25, 0.3) is 0 Å². The molecule has 0 radical (unpaired) electrons. The van der Waals surface area contributed by atoms with Crippen LogP contribution in [0.1, 0.15) is 393 Å². The standard InChI is InChI=1S/C71H137NO5/c1-3-5-7-9-11-13-15-17-19-21-28-32-35-39-43-47-51-55-59-63-69(74)68(67-73)72-70(75)64-60-56-52-48-44-40-36-33-29-26-24-22-23-25-27-30-34-38-42-46-50-54-58-62-66-77-71(76)65-61-57-53-49-45-41-37-31-20-18-16-14-12-10-8-6-4-2/h18,20,24,26,68-69,73-74H,3-17,19,21-23,25,27-67H2,1-2H3,(H,72,75)/b20-18-,26-24-. The second-order valence-electron chi connectivity index (χ2n) is 24.2. The van der Waals surface area contributed by atoms with Gasteiger partial charge in [0.2, 0.25) is 5.91 Å². The Kier molecular flexibility index (Phi) is 65.4. The van der Waals surface area contributed by atoms with E-state index in [4.69, 9.17) is 4.74 Å². The maximum atomic E-state index is 12.5. The summed E-state index contributed by atoms with van der Waals surface area (Å²) in [6, 6.07) is -0.545. The molecule has 0 aliphatic rings. The molecular weight excluding hydrogens is 947 g/mol. The number of aliphatic hydroxyl groups excluding tert-OH is 2. The van der Waals surface area contributed by atoms with Gasteiger partial charge in [-0.2, -0.15) is 0 Å². The number of carbonyl (C=O) groups is 2. The van der Waals surface area contributed by atoms with Gasteiger partial charge in [-0.15, -0.1) is 0 Å². The quantitative estimate of drug-likeness (QED) is 0.0320. The third-order valence-electron chi connectivity index (χ3n) is 16.5. The number of hydrogen-bond acceptors (Lipinski definition) is 5. The highest BCUT2D eigenvalue weighted by Gasteiger charge is 2.20. The van der Waals surface area contributed by atoms with Gasteiger partial charge >= 0.3 is 5.97 Å². The molecule has 0 saturated heterocycles. The molecule has 6 nitrogen and oxygen atoms in total. The first-order chi connectivity index (χ1) is 38.0. The first kappa shape index (κ1) is 75.3. The zero-order valence-corrected chi connectivity index (χ0v) is 52.2. The highest BCUT2D eigenvalue weighted by Crippen LogP contribution is 2.19. The summed E-state index contributed by atoms with van der Waals surface area (Å²) in [5.74, 6) is -0.0257. The van der Waals surface area contributed by atoms with Gasteiger partial charge in [0.1, 0.15) is 0 Å².